The Bertz CT molecular complexity index is 908. The van der Waals surface area contributed by atoms with Gasteiger partial charge >= 0.3 is 0 Å². The molecule has 1 fully saturated rings. The number of amides is 2. The third-order valence-corrected chi connectivity index (χ3v) is 6.03. The van der Waals surface area contributed by atoms with Crippen LogP contribution in [-0.4, -0.2) is 43.0 Å². The fourth-order valence-corrected chi connectivity index (χ4v) is 4.31. The molecule has 6 nitrogen and oxygen atoms in total. The Morgan fingerprint density at radius 2 is 1.61 bits per heavy atom. The Morgan fingerprint density at radius 3 is 2.45 bits per heavy atom. The Morgan fingerprint density at radius 1 is 0.871 bits per heavy atom. The summed E-state index contributed by atoms with van der Waals surface area (Å²) in [6.07, 6.45) is 4.23. The van der Waals surface area contributed by atoms with Crippen LogP contribution in [0.25, 0.3) is 0 Å². The first-order chi connectivity index (χ1) is 15.2. The van der Waals surface area contributed by atoms with Crippen molar-refractivity contribution in [1.29, 1.82) is 0 Å². The molecular formula is C25H31N3O3. The molecule has 0 saturated carbocycles. The lowest BCUT2D eigenvalue weighted by Crippen LogP contribution is -2.38. The number of anilines is 1. The summed E-state index contributed by atoms with van der Waals surface area (Å²) in [6, 6.07) is 15.8. The van der Waals surface area contributed by atoms with Gasteiger partial charge in [0.1, 0.15) is 12.4 Å². The molecule has 1 N–H and O–H groups in total. The van der Waals surface area contributed by atoms with E-state index in [1.165, 1.54) is 24.8 Å². The first-order valence-electron chi connectivity index (χ1n) is 11.3. The number of benzene rings is 2. The van der Waals surface area contributed by atoms with E-state index in [-0.39, 0.29) is 24.7 Å². The molecule has 2 amide bonds. The molecule has 2 aromatic carbocycles. The SMILES string of the molecule is O=C(CCC(=O)N1CCOc2ccccc21)NCc1ccccc1CN1CCCCC1. The fraction of sp³-hybridized carbons (Fsp3) is 0.440. The van der Waals surface area contributed by atoms with Gasteiger partial charge in [-0.05, 0) is 49.2 Å². The van der Waals surface area contributed by atoms with Crippen molar-refractivity contribution in [3.63, 3.8) is 0 Å². The van der Waals surface area contributed by atoms with Gasteiger partial charge in [0, 0.05) is 25.9 Å². The molecule has 0 bridgehead atoms. The third kappa shape index (κ3) is 5.64. The number of rotatable bonds is 7. The van der Waals surface area contributed by atoms with Gasteiger partial charge in [0.05, 0.1) is 12.2 Å². The predicted molar refractivity (Wildman–Crippen MR) is 121 cm³/mol. The van der Waals surface area contributed by atoms with E-state index in [2.05, 4.69) is 28.4 Å². The van der Waals surface area contributed by atoms with Crippen LogP contribution >= 0.6 is 0 Å². The molecule has 0 unspecified atom stereocenters. The number of likely N-dealkylation sites (tertiary alicyclic amines) is 1. The molecule has 0 spiro atoms. The van der Waals surface area contributed by atoms with Crippen molar-refractivity contribution in [1.82, 2.24) is 10.2 Å². The van der Waals surface area contributed by atoms with E-state index in [1.807, 2.05) is 30.3 Å². The number of carbonyl (C=O) groups excluding carboxylic acids is 2. The molecule has 0 atom stereocenters. The molecule has 2 aliphatic rings. The van der Waals surface area contributed by atoms with Gasteiger partial charge < -0.3 is 15.0 Å². The van der Waals surface area contributed by atoms with E-state index in [1.54, 1.807) is 4.90 Å². The van der Waals surface area contributed by atoms with Crippen molar-refractivity contribution in [2.45, 2.75) is 45.2 Å². The molecule has 2 heterocycles. The highest BCUT2D eigenvalue weighted by Gasteiger charge is 2.23. The smallest absolute Gasteiger partial charge is 0.227 e. The number of nitrogens with zero attached hydrogens (tertiary/aromatic N) is 2. The molecule has 0 aliphatic carbocycles. The summed E-state index contributed by atoms with van der Waals surface area (Å²) >= 11 is 0. The standard InChI is InChI=1S/C25H31N3O3/c29-24(12-13-25(30)28-16-17-31-23-11-5-4-10-22(23)28)26-18-20-8-2-3-9-21(20)19-27-14-6-1-7-15-27/h2-5,8-11H,1,6-7,12-19H2,(H,26,29). The molecule has 6 heteroatoms. The lowest BCUT2D eigenvalue weighted by Gasteiger charge is -2.29. The van der Waals surface area contributed by atoms with Crippen LogP contribution in [0.15, 0.2) is 48.5 Å². The highest BCUT2D eigenvalue weighted by molar-refractivity contribution is 5.97. The number of ether oxygens (including phenoxy) is 1. The topological polar surface area (TPSA) is 61.9 Å². The van der Waals surface area contributed by atoms with E-state index in [9.17, 15) is 9.59 Å². The highest BCUT2D eigenvalue weighted by Crippen LogP contribution is 2.31. The minimum atomic E-state index is -0.0947. The summed E-state index contributed by atoms with van der Waals surface area (Å²) in [6.45, 7) is 4.71. The van der Waals surface area contributed by atoms with Crippen molar-refractivity contribution in [3.8, 4) is 5.75 Å². The number of piperidine rings is 1. The Labute approximate surface area is 184 Å². The fourth-order valence-electron chi connectivity index (χ4n) is 4.31. The van der Waals surface area contributed by atoms with Gasteiger partial charge in [0.25, 0.3) is 0 Å². The van der Waals surface area contributed by atoms with Crippen LogP contribution in [-0.2, 0) is 22.7 Å². The molecule has 31 heavy (non-hydrogen) atoms. The van der Waals surface area contributed by atoms with Gasteiger partial charge in [0.15, 0.2) is 0 Å². The van der Waals surface area contributed by atoms with Crippen LogP contribution in [0.3, 0.4) is 0 Å². The first kappa shape index (κ1) is 21.4. The monoisotopic (exact) mass is 421 g/mol. The lowest BCUT2D eigenvalue weighted by atomic mass is 10.0. The molecule has 164 valence electrons. The van der Waals surface area contributed by atoms with Crippen LogP contribution in [0.4, 0.5) is 5.69 Å². The zero-order chi connectivity index (χ0) is 21.5. The number of hydrogen-bond acceptors (Lipinski definition) is 4. The second-order valence-electron chi connectivity index (χ2n) is 8.24. The van der Waals surface area contributed by atoms with Crippen LogP contribution in [0, 0.1) is 0 Å². The maximum absolute atomic E-state index is 12.7. The number of para-hydroxylation sites is 2. The summed E-state index contributed by atoms with van der Waals surface area (Å²) in [7, 11) is 0. The maximum atomic E-state index is 12.7. The van der Waals surface area contributed by atoms with E-state index < -0.39 is 0 Å². The quantitative estimate of drug-likeness (QED) is 0.743. The molecule has 2 aliphatic heterocycles. The van der Waals surface area contributed by atoms with E-state index in [0.717, 1.165) is 36.6 Å². The number of nitrogens with one attached hydrogen (secondary N) is 1. The van der Waals surface area contributed by atoms with Gasteiger partial charge in [0.2, 0.25) is 11.8 Å². The van der Waals surface area contributed by atoms with Gasteiger partial charge in [-0.2, -0.15) is 0 Å². The van der Waals surface area contributed by atoms with Crippen molar-refractivity contribution >= 4 is 17.5 Å². The van der Waals surface area contributed by atoms with Crippen molar-refractivity contribution in [2.24, 2.45) is 0 Å². The molecule has 4 rings (SSSR count). The predicted octanol–water partition coefficient (Wildman–Crippen LogP) is 3.49. The summed E-state index contributed by atoms with van der Waals surface area (Å²) in [5.74, 6) is 0.580. The summed E-state index contributed by atoms with van der Waals surface area (Å²) < 4.78 is 5.61. The van der Waals surface area contributed by atoms with E-state index >= 15 is 0 Å². The third-order valence-electron chi connectivity index (χ3n) is 6.03. The molecule has 2 aromatic rings. The molecular weight excluding hydrogens is 390 g/mol. The first-order valence-corrected chi connectivity index (χ1v) is 11.3. The van der Waals surface area contributed by atoms with Crippen LogP contribution < -0.4 is 15.0 Å². The Hall–Kier alpha value is -2.86. The van der Waals surface area contributed by atoms with Crippen LogP contribution in [0.1, 0.15) is 43.2 Å². The van der Waals surface area contributed by atoms with Crippen molar-refractivity contribution in [2.75, 3.05) is 31.1 Å². The second-order valence-corrected chi connectivity index (χ2v) is 8.24. The highest BCUT2D eigenvalue weighted by atomic mass is 16.5. The average molecular weight is 422 g/mol. The minimum absolute atomic E-state index is 0.0450. The minimum Gasteiger partial charge on any atom is -0.490 e. The van der Waals surface area contributed by atoms with Crippen LogP contribution in [0.5, 0.6) is 5.75 Å². The molecule has 0 aromatic heterocycles. The summed E-state index contributed by atoms with van der Waals surface area (Å²) in [5, 5.41) is 3.00. The lowest BCUT2D eigenvalue weighted by molar-refractivity contribution is -0.125. The molecule has 0 radical (unpaired) electrons. The average Bonchev–Trinajstić information content (AvgIpc) is 2.82. The number of carbonyl (C=O) groups is 2. The second kappa shape index (κ2) is 10.4. The van der Waals surface area contributed by atoms with Crippen molar-refractivity contribution in [3.05, 3.63) is 59.7 Å². The Kier molecular flexibility index (Phi) is 7.20. The van der Waals surface area contributed by atoms with Crippen molar-refractivity contribution < 1.29 is 14.3 Å². The summed E-state index contributed by atoms with van der Waals surface area (Å²) in [5.41, 5.74) is 3.20. The zero-order valence-corrected chi connectivity index (χ0v) is 18.0. The molecule has 1 saturated heterocycles. The normalized spacial score (nSPS) is 16.3. The maximum Gasteiger partial charge on any atom is 0.227 e. The van der Waals surface area contributed by atoms with E-state index in [0.29, 0.717) is 19.7 Å². The van der Waals surface area contributed by atoms with Gasteiger partial charge in [-0.25, -0.2) is 0 Å². The van der Waals surface area contributed by atoms with Gasteiger partial charge in [-0.3, -0.25) is 14.5 Å². The number of fused-ring (bicyclic) bond motifs is 1. The van der Waals surface area contributed by atoms with Crippen LogP contribution in [0.2, 0.25) is 0 Å². The summed E-state index contributed by atoms with van der Waals surface area (Å²) in [4.78, 5) is 29.3. The van der Waals surface area contributed by atoms with Gasteiger partial charge in [-0.15, -0.1) is 0 Å². The van der Waals surface area contributed by atoms with Gasteiger partial charge in [-0.1, -0.05) is 42.8 Å². The zero-order valence-electron chi connectivity index (χ0n) is 18.0. The number of hydrogen-bond donors (Lipinski definition) is 1. The largest absolute Gasteiger partial charge is 0.490 e. The van der Waals surface area contributed by atoms with E-state index in [4.69, 9.17) is 4.74 Å². The Balaban J connectivity index is 1.27.